The molecule has 1 heterocycles. The zero-order valence-corrected chi connectivity index (χ0v) is 13.1. The highest BCUT2D eigenvalue weighted by Crippen LogP contribution is 2.30. The Bertz CT molecular complexity index is 792. The van der Waals surface area contributed by atoms with Crippen molar-refractivity contribution in [1.29, 1.82) is 0 Å². The summed E-state index contributed by atoms with van der Waals surface area (Å²) in [6.07, 6.45) is 0. The minimum Gasteiger partial charge on any atom is -0.496 e. The first kappa shape index (κ1) is 13.3. The number of ketones is 1. The summed E-state index contributed by atoms with van der Waals surface area (Å²) in [5.74, 6) is 0.570. The van der Waals surface area contributed by atoms with E-state index in [9.17, 15) is 4.79 Å². The fourth-order valence-electron chi connectivity index (χ4n) is 2.17. The molecule has 0 unspecified atom stereocenters. The number of halogens is 1. The third-order valence-corrected chi connectivity index (χ3v) is 4.59. The molecule has 0 radical (unpaired) electrons. The molecule has 20 heavy (non-hydrogen) atoms. The number of rotatable bonds is 3. The molecule has 0 N–H and O–H groups in total. The quantitative estimate of drug-likeness (QED) is 0.630. The van der Waals surface area contributed by atoms with Crippen molar-refractivity contribution in [2.45, 2.75) is 0 Å². The summed E-state index contributed by atoms with van der Waals surface area (Å²) >= 11 is 4.97. The van der Waals surface area contributed by atoms with E-state index >= 15 is 0 Å². The lowest BCUT2D eigenvalue weighted by Crippen LogP contribution is -2.04. The SMILES string of the molecule is COc1cc(Br)ccc1C(=O)c1cccc2ccsc12. The van der Waals surface area contributed by atoms with Crippen molar-refractivity contribution in [3.05, 3.63) is 63.4 Å². The van der Waals surface area contributed by atoms with Gasteiger partial charge in [-0.15, -0.1) is 11.3 Å². The maximum atomic E-state index is 12.8. The molecule has 0 aliphatic rings. The van der Waals surface area contributed by atoms with Crippen molar-refractivity contribution in [2.24, 2.45) is 0 Å². The highest BCUT2D eigenvalue weighted by molar-refractivity contribution is 9.10. The Balaban J connectivity index is 2.15. The normalized spacial score (nSPS) is 10.7. The van der Waals surface area contributed by atoms with Gasteiger partial charge in [0.15, 0.2) is 5.78 Å². The van der Waals surface area contributed by atoms with Crippen LogP contribution in [0.1, 0.15) is 15.9 Å². The second kappa shape index (κ2) is 5.38. The fraction of sp³-hybridized carbons (Fsp3) is 0.0625. The molecule has 0 saturated heterocycles. The monoisotopic (exact) mass is 346 g/mol. The number of thiophene rings is 1. The highest BCUT2D eigenvalue weighted by Gasteiger charge is 2.17. The largest absolute Gasteiger partial charge is 0.496 e. The standard InChI is InChI=1S/C16H11BrO2S/c1-19-14-9-11(17)5-6-12(14)15(18)13-4-2-3-10-7-8-20-16(10)13/h2-9H,1H3. The Labute approximate surface area is 129 Å². The Morgan fingerprint density at radius 1 is 1.15 bits per heavy atom. The van der Waals surface area contributed by atoms with Crippen LogP contribution >= 0.6 is 27.3 Å². The Hall–Kier alpha value is -1.65. The van der Waals surface area contributed by atoms with Gasteiger partial charge in [-0.1, -0.05) is 28.1 Å². The molecule has 0 fully saturated rings. The van der Waals surface area contributed by atoms with Crippen LogP contribution < -0.4 is 4.74 Å². The number of methoxy groups -OCH3 is 1. The van der Waals surface area contributed by atoms with Gasteiger partial charge in [-0.2, -0.15) is 0 Å². The smallest absolute Gasteiger partial charge is 0.198 e. The summed E-state index contributed by atoms with van der Waals surface area (Å²) < 4.78 is 7.22. The van der Waals surface area contributed by atoms with Gasteiger partial charge in [0.1, 0.15) is 5.75 Å². The molecule has 2 nitrogen and oxygen atoms in total. The molecule has 3 rings (SSSR count). The summed E-state index contributed by atoms with van der Waals surface area (Å²) in [5.41, 5.74) is 1.30. The van der Waals surface area contributed by atoms with Gasteiger partial charge in [0.05, 0.1) is 12.7 Å². The number of benzene rings is 2. The van der Waals surface area contributed by atoms with Crippen molar-refractivity contribution in [1.82, 2.24) is 0 Å². The molecular weight excluding hydrogens is 336 g/mol. The number of hydrogen-bond donors (Lipinski definition) is 0. The number of hydrogen-bond acceptors (Lipinski definition) is 3. The average Bonchev–Trinajstić information content (AvgIpc) is 2.94. The summed E-state index contributed by atoms with van der Waals surface area (Å²) in [6.45, 7) is 0. The lowest BCUT2D eigenvalue weighted by Gasteiger charge is -2.09. The summed E-state index contributed by atoms with van der Waals surface area (Å²) in [6, 6.07) is 13.3. The lowest BCUT2D eigenvalue weighted by molar-refractivity contribution is 0.103. The molecule has 0 aliphatic carbocycles. The molecule has 0 saturated carbocycles. The van der Waals surface area contributed by atoms with Gasteiger partial charge in [-0.3, -0.25) is 4.79 Å². The molecule has 0 atom stereocenters. The predicted octanol–water partition coefficient (Wildman–Crippen LogP) is 4.90. The van der Waals surface area contributed by atoms with Crippen LogP contribution in [0, 0.1) is 0 Å². The van der Waals surface area contributed by atoms with Crippen LogP contribution in [-0.4, -0.2) is 12.9 Å². The Morgan fingerprint density at radius 3 is 2.80 bits per heavy atom. The van der Waals surface area contributed by atoms with Crippen LogP contribution in [0.15, 0.2) is 52.3 Å². The van der Waals surface area contributed by atoms with Gasteiger partial charge in [-0.25, -0.2) is 0 Å². The van der Waals surface area contributed by atoms with Crippen LogP contribution in [-0.2, 0) is 0 Å². The second-order valence-corrected chi connectivity index (χ2v) is 6.15. The zero-order valence-electron chi connectivity index (χ0n) is 10.7. The first-order chi connectivity index (χ1) is 9.70. The van der Waals surface area contributed by atoms with Gasteiger partial charge in [0.2, 0.25) is 0 Å². The summed E-state index contributed by atoms with van der Waals surface area (Å²) in [7, 11) is 1.57. The van der Waals surface area contributed by atoms with Crippen LogP contribution in [0.3, 0.4) is 0 Å². The zero-order chi connectivity index (χ0) is 14.1. The van der Waals surface area contributed by atoms with Crippen LogP contribution in [0.4, 0.5) is 0 Å². The summed E-state index contributed by atoms with van der Waals surface area (Å²) in [5, 5.41) is 3.09. The van der Waals surface area contributed by atoms with E-state index in [-0.39, 0.29) is 5.78 Å². The van der Waals surface area contributed by atoms with Crippen LogP contribution in [0.25, 0.3) is 10.1 Å². The maximum Gasteiger partial charge on any atom is 0.198 e. The van der Waals surface area contributed by atoms with E-state index < -0.39 is 0 Å². The van der Waals surface area contributed by atoms with Gasteiger partial charge in [0.25, 0.3) is 0 Å². The third kappa shape index (κ3) is 2.25. The van der Waals surface area contributed by atoms with E-state index in [1.165, 1.54) is 0 Å². The van der Waals surface area contributed by atoms with E-state index in [4.69, 9.17) is 4.74 Å². The number of carbonyl (C=O) groups is 1. The molecule has 0 aliphatic heterocycles. The van der Waals surface area contributed by atoms with E-state index in [2.05, 4.69) is 15.9 Å². The van der Waals surface area contributed by atoms with Crippen LogP contribution in [0.2, 0.25) is 0 Å². The molecule has 1 aromatic heterocycles. The van der Waals surface area contributed by atoms with E-state index in [0.717, 1.165) is 20.1 Å². The van der Waals surface area contributed by atoms with Crippen molar-refractivity contribution in [3.8, 4) is 5.75 Å². The molecule has 0 bridgehead atoms. The van der Waals surface area contributed by atoms with E-state index in [0.29, 0.717) is 11.3 Å². The maximum absolute atomic E-state index is 12.8. The molecule has 100 valence electrons. The topological polar surface area (TPSA) is 26.3 Å². The third-order valence-electron chi connectivity index (χ3n) is 3.13. The lowest BCUT2D eigenvalue weighted by atomic mass is 10.0. The predicted molar refractivity (Wildman–Crippen MR) is 86.0 cm³/mol. The molecule has 0 spiro atoms. The van der Waals surface area contributed by atoms with Crippen molar-refractivity contribution < 1.29 is 9.53 Å². The number of carbonyl (C=O) groups excluding carboxylic acids is 1. The molecule has 3 aromatic rings. The first-order valence-electron chi connectivity index (χ1n) is 6.05. The van der Waals surface area contributed by atoms with Gasteiger partial charge < -0.3 is 4.74 Å². The minimum absolute atomic E-state index is 0.0117. The van der Waals surface area contributed by atoms with E-state index in [1.807, 2.05) is 41.8 Å². The van der Waals surface area contributed by atoms with E-state index in [1.54, 1.807) is 24.5 Å². The van der Waals surface area contributed by atoms with Crippen molar-refractivity contribution in [2.75, 3.05) is 7.11 Å². The Kier molecular flexibility index (Phi) is 3.59. The van der Waals surface area contributed by atoms with Crippen molar-refractivity contribution >= 4 is 43.1 Å². The van der Waals surface area contributed by atoms with Crippen molar-refractivity contribution in [3.63, 3.8) is 0 Å². The molecule has 0 amide bonds. The average molecular weight is 347 g/mol. The van der Waals surface area contributed by atoms with Gasteiger partial charge >= 0.3 is 0 Å². The van der Waals surface area contributed by atoms with Gasteiger partial charge in [-0.05, 0) is 41.1 Å². The molecule has 2 aromatic carbocycles. The summed E-state index contributed by atoms with van der Waals surface area (Å²) in [4.78, 5) is 12.8. The first-order valence-corrected chi connectivity index (χ1v) is 7.72. The Morgan fingerprint density at radius 2 is 2.00 bits per heavy atom. The molecule has 4 heteroatoms. The number of ether oxygens (including phenoxy) is 1. The number of fused-ring (bicyclic) bond motifs is 1. The molecular formula is C16H11BrO2S. The van der Waals surface area contributed by atoms with Gasteiger partial charge in [0, 0.05) is 14.7 Å². The second-order valence-electron chi connectivity index (χ2n) is 4.32. The van der Waals surface area contributed by atoms with Crippen LogP contribution in [0.5, 0.6) is 5.75 Å². The highest BCUT2D eigenvalue weighted by atomic mass is 79.9. The fourth-order valence-corrected chi connectivity index (χ4v) is 3.42. The minimum atomic E-state index is -0.0117.